The number of halogens is 1. The normalized spacial score (nSPS) is 14.5. The van der Waals surface area contributed by atoms with E-state index in [1.165, 1.54) is 24.3 Å². The van der Waals surface area contributed by atoms with Gasteiger partial charge in [-0.2, -0.15) is 0 Å². The van der Waals surface area contributed by atoms with E-state index in [0.29, 0.717) is 11.4 Å². The van der Waals surface area contributed by atoms with Gasteiger partial charge in [-0.3, -0.25) is 4.72 Å². The van der Waals surface area contributed by atoms with Gasteiger partial charge in [0.15, 0.2) is 0 Å². The first-order valence-corrected chi connectivity index (χ1v) is 9.91. The van der Waals surface area contributed by atoms with Crippen molar-refractivity contribution in [2.45, 2.75) is 12.8 Å². The molecule has 0 aromatic heterocycles. The van der Waals surface area contributed by atoms with Crippen molar-refractivity contribution in [1.29, 1.82) is 0 Å². The molecule has 0 radical (unpaired) electrons. The molecule has 1 heterocycles. The number of hydrogen-bond donors (Lipinski definition) is 1. The number of anilines is 2. The molecule has 2 aromatic rings. The van der Waals surface area contributed by atoms with Crippen LogP contribution in [-0.2, 0) is 10.0 Å². The molecule has 0 amide bonds. The molecular weight excluding hydrogens is 343 g/mol. The molecular formula is C18H21FN2O3S. The van der Waals surface area contributed by atoms with Crippen LogP contribution in [0.2, 0.25) is 0 Å². The lowest BCUT2D eigenvalue weighted by Crippen LogP contribution is -2.22. The molecule has 0 unspecified atom stereocenters. The molecule has 5 nitrogen and oxygen atoms in total. The Morgan fingerprint density at radius 2 is 1.80 bits per heavy atom. The summed E-state index contributed by atoms with van der Waals surface area (Å²) in [6, 6.07) is 12.9. The maximum Gasteiger partial charge on any atom is 0.236 e. The first kappa shape index (κ1) is 17.5. The largest absolute Gasteiger partial charge is 0.492 e. The van der Waals surface area contributed by atoms with Crippen LogP contribution in [0.3, 0.4) is 0 Å². The van der Waals surface area contributed by atoms with E-state index in [1.807, 2.05) is 18.2 Å². The van der Waals surface area contributed by atoms with E-state index in [0.717, 1.165) is 31.6 Å². The van der Waals surface area contributed by atoms with Crippen LogP contribution >= 0.6 is 0 Å². The number of sulfonamides is 1. The highest BCUT2D eigenvalue weighted by molar-refractivity contribution is 7.92. The fourth-order valence-corrected chi connectivity index (χ4v) is 3.66. The Kier molecular flexibility index (Phi) is 5.43. The molecule has 1 fully saturated rings. The van der Waals surface area contributed by atoms with Crippen molar-refractivity contribution in [3.63, 3.8) is 0 Å². The van der Waals surface area contributed by atoms with Crippen molar-refractivity contribution < 1.29 is 17.5 Å². The molecule has 3 rings (SSSR count). The number of rotatable bonds is 7. The van der Waals surface area contributed by atoms with Crippen LogP contribution in [0.4, 0.5) is 15.8 Å². The molecule has 1 N–H and O–H groups in total. The molecule has 0 spiro atoms. The highest BCUT2D eigenvalue weighted by Gasteiger charge is 2.15. The Labute approximate surface area is 147 Å². The molecule has 0 saturated carbocycles. The quantitative estimate of drug-likeness (QED) is 0.819. The van der Waals surface area contributed by atoms with Crippen molar-refractivity contribution >= 4 is 21.4 Å². The lowest BCUT2D eigenvalue weighted by molar-refractivity contribution is 0.340. The minimum atomic E-state index is -3.52. The molecule has 134 valence electrons. The molecule has 1 aliphatic rings. The highest BCUT2D eigenvalue weighted by atomic mass is 32.2. The third kappa shape index (κ3) is 5.09. The molecule has 7 heteroatoms. The smallest absolute Gasteiger partial charge is 0.236 e. The van der Waals surface area contributed by atoms with Crippen molar-refractivity contribution in [3.05, 3.63) is 54.3 Å². The first-order valence-electron chi connectivity index (χ1n) is 8.26. The number of benzene rings is 2. The Morgan fingerprint density at radius 1 is 1.08 bits per heavy atom. The Balaban J connectivity index is 1.55. The molecule has 0 bridgehead atoms. The van der Waals surface area contributed by atoms with E-state index in [1.54, 1.807) is 6.07 Å². The second kappa shape index (κ2) is 7.74. The maximum atomic E-state index is 12.8. The number of nitrogens with one attached hydrogen (secondary N) is 1. The number of ether oxygens (including phenoxy) is 1. The Morgan fingerprint density at radius 3 is 2.52 bits per heavy atom. The van der Waals surface area contributed by atoms with Gasteiger partial charge in [-0.15, -0.1) is 0 Å². The zero-order chi connectivity index (χ0) is 17.7. The summed E-state index contributed by atoms with van der Waals surface area (Å²) in [5.74, 6) is -0.106. The zero-order valence-electron chi connectivity index (χ0n) is 13.8. The predicted molar refractivity (Wildman–Crippen MR) is 97.2 cm³/mol. The van der Waals surface area contributed by atoms with E-state index in [4.69, 9.17) is 4.74 Å². The SMILES string of the molecule is O=S(=O)(CCOc1ccc(F)cc1)Nc1cccc(N2CCCC2)c1. The summed E-state index contributed by atoms with van der Waals surface area (Å²) >= 11 is 0. The van der Waals surface area contributed by atoms with Crippen molar-refractivity contribution in [1.82, 2.24) is 0 Å². The standard InChI is InChI=1S/C18H21FN2O3S/c19-15-6-8-18(9-7-15)24-12-13-25(22,23)20-16-4-3-5-17(14-16)21-10-1-2-11-21/h3-9,14,20H,1-2,10-13H2. The van der Waals surface area contributed by atoms with Crippen LogP contribution in [-0.4, -0.2) is 33.9 Å². The van der Waals surface area contributed by atoms with Crippen molar-refractivity contribution in [3.8, 4) is 5.75 Å². The van der Waals surface area contributed by atoms with Gasteiger partial charge >= 0.3 is 0 Å². The van der Waals surface area contributed by atoms with Crippen LogP contribution in [0.15, 0.2) is 48.5 Å². The van der Waals surface area contributed by atoms with Crippen LogP contribution < -0.4 is 14.4 Å². The van der Waals surface area contributed by atoms with E-state index in [9.17, 15) is 12.8 Å². The Hall–Kier alpha value is -2.28. The van der Waals surface area contributed by atoms with Gasteiger partial charge in [0.05, 0.1) is 5.69 Å². The number of hydrogen-bond acceptors (Lipinski definition) is 4. The summed E-state index contributed by atoms with van der Waals surface area (Å²) in [5, 5.41) is 0. The topological polar surface area (TPSA) is 58.6 Å². The third-order valence-corrected chi connectivity index (χ3v) is 5.28. The number of nitrogens with zero attached hydrogens (tertiary/aromatic N) is 1. The van der Waals surface area contributed by atoms with Gasteiger partial charge in [-0.25, -0.2) is 12.8 Å². The summed E-state index contributed by atoms with van der Waals surface area (Å²) < 4.78 is 45.2. The van der Waals surface area contributed by atoms with Crippen molar-refractivity contribution in [2.75, 3.05) is 35.1 Å². The highest BCUT2D eigenvalue weighted by Crippen LogP contribution is 2.23. The van der Waals surface area contributed by atoms with E-state index in [2.05, 4.69) is 9.62 Å². The minimum absolute atomic E-state index is 0.00716. The van der Waals surface area contributed by atoms with Crippen LogP contribution in [0.25, 0.3) is 0 Å². The van der Waals surface area contributed by atoms with Gasteiger partial charge in [0.25, 0.3) is 0 Å². The van der Waals surface area contributed by atoms with Gasteiger partial charge in [-0.05, 0) is 55.3 Å². The fraction of sp³-hybridized carbons (Fsp3) is 0.333. The third-order valence-electron chi connectivity index (χ3n) is 4.03. The van der Waals surface area contributed by atoms with E-state index in [-0.39, 0.29) is 18.2 Å². The average molecular weight is 364 g/mol. The summed E-state index contributed by atoms with van der Waals surface area (Å²) in [7, 11) is -3.52. The van der Waals surface area contributed by atoms with Crippen LogP contribution in [0.1, 0.15) is 12.8 Å². The second-order valence-electron chi connectivity index (χ2n) is 5.97. The van der Waals surface area contributed by atoms with E-state index >= 15 is 0 Å². The average Bonchev–Trinajstić information content (AvgIpc) is 3.11. The molecule has 0 atom stereocenters. The molecule has 1 saturated heterocycles. The molecule has 2 aromatic carbocycles. The van der Waals surface area contributed by atoms with Gasteiger partial charge < -0.3 is 9.64 Å². The van der Waals surface area contributed by atoms with Gasteiger partial charge in [0, 0.05) is 18.8 Å². The van der Waals surface area contributed by atoms with Gasteiger partial charge in [-0.1, -0.05) is 6.07 Å². The summed E-state index contributed by atoms with van der Waals surface area (Å²) in [6.07, 6.45) is 2.33. The molecule has 0 aliphatic carbocycles. The predicted octanol–water partition coefficient (Wildman–Crippen LogP) is 3.25. The first-order chi connectivity index (χ1) is 12.0. The van der Waals surface area contributed by atoms with Gasteiger partial charge in [0.1, 0.15) is 23.9 Å². The lowest BCUT2D eigenvalue weighted by Gasteiger charge is -2.18. The second-order valence-corrected chi connectivity index (χ2v) is 7.81. The summed E-state index contributed by atoms with van der Waals surface area (Å²) in [5.41, 5.74) is 1.58. The molecule has 1 aliphatic heterocycles. The molecule has 25 heavy (non-hydrogen) atoms. The maximum absolute atomic E-state index is 12.8. The summed E-state index contributed by atoms with van der Waals surface area (Å²) in [4.78, 5) is 2.25. The lowest BCUT2D eigenvalue weighted by atomic mass is 10.2. The van der Waals surface area contributed by atoms with Crippen LogP contribution in [0.5, 0.6) is 5.75 Å². The minimum Gasteiger partial charge on any atom is -0.492 e. The Bertz CT molecular complexity index is 803. The summed E-state index contributed by atoms with van der Waals surface area (Å²) in [6.45, 7) is 2.00. The monoisotopic (exact) mass is 364 g/mol. The van der Waals surface area contributed by atoms with Crippen molar-refractivity contribution in [2.24, 2.45) is 0 Å². The zero-order valence-corrected chi connectivity index (χ0v) is 14.6. The fourth-order valence-electron chi connectivity index (χ4n) is 2.77. The van der Waals surface area contributed by atoms with Gasteiger partial charge in [0.2, 0.25) is 10.0 Å². The van der Waals surface area contributed by atoms with E-state index < -0.39 is 10.0 Å². The van der Waals surface area contributed by atoms with Crippen LogP contribution in [0, 0.1) is 5.82 Å².